The monoisotopic (exact) mass is 335 g/mol. The van der Waals surface area contributed by atoms with E-state index in [1.807, 2.05) is 13.8 Å². The van der Waals surface area contributed by atoms with E-state index < -0.39 is 5.92 Å². The van der Waals surface area contributed by atoms with Gasteiger partial charge in [-0.2, -0.15) is 0 Å². The van der Waals surface area contributed by atoms with E-state index in [4.69, 9.17) is 5.73 Å². The van der Waals surface area contributed by atoms with E-state index in [9.17, 15) is 13.6 Å². The first-order valence-electron chi connectivity index (χ1n) is 9.41. The summed E-state index contributed by atoms with van der Waals surface area (Å²) in [5, 5.41) is 0. The number of nitrogens with two attached hydrogens (primary N) is 1. The molecule has 2 rings (SSSR count). The first-order valence-corrected chi connectivity index (χ1v) is 9.41. The predicted molar refractivity (Wildman–Crippen MR) is 95.6 cm³/mol. The molecule has 4 heteroatoms. The standard InChI is InChI=1S/C8H15NO.C6H10F2.C3H8.C2H6/c1-6-3-2-4-7(5-6)8(9)10;1-5-3-2-4-6(5,7)8;1-3-2;1-2/h6-7H,2-5H2,1H3,(H2,9,10);5H,2-4H2,1H3;3H2,1-2H3;1-2H3. The van der Waals surface area contributed by atoms with Crippen molar-refractivity contribution < 1.29 is 13.6 Å². The highest BCUT2D eigenvalue weighted by atomic mass is 19.3. The molecule has 3 atom stereocenters. The van der Waals surface area contributed by atoms with Crippen LogP contribution in [0.2, 0.25) is 0 Å². The van der Waals surface area contributed by atoms with Crippen LogP contribution < -0.4 is 5.73 Å². The summed E-state index contributed by atoms with van der Waals surface area (Å²) in [5.74, 6) is -1.95. The first-order chi connectivity index (χ1) is 10.7. The fourth-order valence-electron chi connectivity index (χ4n) is 2.79. The molecule has 0 spiro atoms. The quantitative estimate of drug-likeness (QED) is 0.610. The highest BCUT2D eigenvalue weighted by Gasteiger charge is 2.40. The maximum absolute atomic E-state index is 12.3. The molecule has 0 aliphatic heterocycles. The lowest BCUT2D eigenvalue weighted by Gasteiger charge is -2.23. The summed E-state index contributed by atoms with van der Waals surface area (Å²) >= 11 is 0. The highest BCUT2D eigenvalue weighted by Crippen LogP contribution is 2.39. The lowest BCUT2D eigenvalue weighted by Crippen LogP contribution is -2.27. The van der Waals surface area contributed by atoms with E-state index in [2.05, 4.69) is 20.8 Å². The Balaban J connectivity index is 0. The minimum absolute atomic E-state index is 0.105. The van der Waals surface area contributed by atoms with Crippen molar-refractivity contribution in [1.82, 2.24) is 0 Å². The van der Waals surface area contributed by atoms with E-state index in [0.717, 1.165) is 12.8 Å². The smallest absolute Gasteiger partial charge is 0.250 e. The molecule has 2 aliphatic carbocycles. The molecule has 0 aromatic rings. The number of carbonyl (C=O) groups is 1. The fraction of sp³-hybridized carbons (Fsp3) is 0.947. The molecule has 0 saturated heterocycles. The zero-order valence-electron chi connectivity index (χ0n) is 16.1. The topological polar surface area (TPSA) is 43.1 Å². The number of carbonyl (C=O) groups excluding carboxylic acids is 1. The minimum Gasteiger partial charge on any atom is -0.369 e. The highest BCUT2D eigenvalue weighted by molar-refractivity contribution is 5.76. The minimum atomic E-state index is -2.35. The number of hydrogen-bond donors (Lipinski definition) is 1. The largest absolute Gasteiger partial charge is 0.369 e. The summed E-state index contributed by atoms with van der Waals surface area (Å²) in [7, 11) is 0. The van der Waals surface area contributed by atoms with Crippen LogP contribution in [0.5, 0.6) is 0 Å². The van der Waals surface area contributed by atoms with Crippen LogP contribution in [0.4, 0.5) is 8.78 Å². The van der Waals surface area contributed by atoms with Crippen molar-refractivity contribution in [2.45, 2.75) is 98.8 Å². The van der Waals surface area contributed by atoms with Crippen molar-refractivity contribution in [1.29, 1.82) is 0 Å². The summed E-state index contributed by atoms with van der Waals surface area (Å²) in [6.45, 7) is 12.1. The van der Waals surface area contributed by atoms with E-state index >= 15 is 0 Å². The second-order valence-corrected chi connectivity index (χ2v) is 6.63. The average molecular weight is 336 g/mol. The van der Waals surface area contributed by atoms with Crippen molar-refractivity contribution >= 4 is 5.91 Å². The van der Waals surface area contributed by atoms with Gasteiger partial charge in [-0.25, -0.2) is 8.78 Å². The van der Waals surface area contributed by atoms with E-state index in [1.54, 1.807) is 6.92 Å². The van der Waals surface area contributed by atoms with Crippen molar-refractivity contribution in [2.75, 3.05) is 0 Å². The number of halogens is 2. The summed E-state index contributed by atoms with van der Waals surface area (Å²) in [5.41, 5.74) is 5.19. The molecule has 2 nitrogen and oxygen atoms in total. The average Bonchev–Trinajstić information content (AvgIpc) is 2.80. The molecule has 0 aromatic heterocycles. The van der Waals surface area contributed by atoms with E-state index in [-0.39, 0.29) is 24.2 Å². The summed E-state index contributed by atoms with van der Waals surface area (Å²) in [4.78, 5) is 10.7. The van der Waals surface area contributed by atoms with Crippen molar-refractivity contribution in [2.24, 2.45) is 23.5 Å². The summed E-state index contributed by atoms with van der Waals surface area (Å²) in [6.07, 6.45) is 7.23. The molecule has 2 aliphatic rings. The first kappa shape index (κ1) is 24.6. The van der Waals surface area contributed by atoms with Crippen LogP contribution in [0, 0.1) is 17.8 Å². The van der Waals surface area contributed by atoms with Gasteiger partial charge in [0.25, 0.3) is 5.92 Å². The Kier molecular flexibility index (Phi) is 14.7. The fourth-order valence-corrected chi connectivity index (χ4v) is 2.79. The van der Waals surface area contributed by atoms with Gasteiger partial charge in [-0.1, -0.05) is 60.8 Å². The molecule has 140 valence electrons. The molecule has 0 radical (unpaired) electrons. The number of primary amides is 1. The number of alkyl halides is 2. The second-order valence-electron chi connectivity index (χ2n) is 6.63. The van der Waals surface area contributed by atoms with Crippen LogP contribution >= 0.6 is 0 Å². The maximum Gasteiger partial charge on any atom is 0.250 e. The van der Waals surface area contributed by atoms with E-state index in [0.29, 0.717) is 18.8 Å². The zero-order valence-corrected chi connectivity index (χ0v) is 16.1. The van der Waals surface area contributed by atoms with Crippen LogP contribution in [0.15, 0.2) is 0 Å². The third-order valence-electron chi connectivity index (χ3n) is 4.21. The molecule has 2 fully saturated rings. The SMILES string of the molecule is CC.CC1CCCC(C(N)=O)C1.CC1CCCC1(F)F.CCC. The molecule has 1 amide bonds. The lowest BCUT2D eigenvalue weighted by atomic mass is 9.82. The van der Waals surface area contributed by atoms with Gasteiger partial charge in [-0.15, -0.1) is 0 Å². The predicted octanol–water partition coefficient (Wildman–Crippen LogP) is 6.18. The van der Waals surface area contributed by atoms with Crippen molar-refractivity contribution in [3.8, 4) is 0 Å². The molecule has 0 heterocycles. The van der Waals surface area contributed by atoms with Gasteiger partial charge in [0.05, 0.1) is 0 Å². The second kappa shape index (κ2) is 13.7. The Bertz CT molecular complexity index is 295. The number of amides is 1. The third kappa shape index (κ3) is 11.5. The van der Waals surface area contributed by atoms with Gasteiger partial charge in [-0.05, 0) is 31.6 Å². The van der Waals surface area contributed by atoms with Crippen LogP contribution in [-0.4, -0.2) is 11.8 Å². The molecule has 2 saturated carbocycles. The zero-order chi connectivity index (χ0) is 18.5. The Hall–Kier alpha value is -0.670. The third-order valence-corrected chi connectivity index (χ3v) is 4.21. The van der Waals surface area contributed by atoms with Gasteiger partial charge in [0.15, 0.2) is 0 Å². The number of rotatable bonds is 1. The number of hydrogen-bond acceptors (Lipinski definition) is 1. The Morgan fingerprint density at radius 1 is 1.09 bits per heavy atom. The van der Waals surface area contributed by atoms with Gasteiger partial charge in [-0.3, -0.25) is 4.79 Å². The Morgan fingerprint density at radius 2 is 1.61 bits per heavy atom. The normalized spacial score (nSPS) is 28.1. The molecule has 0 bridgehead atoms. The molecule has 23 heavy (non-hydrogen) atoms. The Labute approximate surface area is 142 Å². The van der Waals surface area contributed by atoms with Gasteiger partial charge in [0.1, 0.15) is 0 Å². The van der Waals surface area contributed by atoms with Gasteiger partial charge in [0, 0.05) is 18.3 Å². The van der Waals surface area contributed by atoms with Gasteiger partial charge < -0.3 is 5.73 Å². The van der Waals surface area contributed by atoms with Crippen LogP contribution in [0.25, 0.3) is 0 Å². The molecule has 0 aromatic carbocycles. The van der Waals surface area contributed by atoms with Crippen molar-refractivity contribution in [3.05, 3.63) is 0 Å². The van der Waals surface area contributed by atoms with Gasteiger partial charge in [0.2, 0.25) is 5.91 Å². The van der Waals surface area contributed by atoms with E-state index in [1.165, 1.54) is 19.3 Å². The molecular formula is C19H39F2NO. The lowest BCUT2D eigenvalue weighted by molar-refractivity contribution is -0.123. The molecule has 3 unspecified atom stereocenters. The van der Waals surface area contributed by atoms with Gasteiger partial charge >= 0.3 is 0 Å². The summed E-state index contributed by atoms with van der Waals surface area (Å²) in [6, 6.07) is 0. The van der Waals surface area contributed by atoms with Crippen LogP contribution in [0.1, 0.15) is 92.9 Å². The summed E-state index contributed by atoms with van der Waals surface area (Å²) < 4.78 is 24.7. The molecule has 2 N–H and O–H groups in total. The van der Waals surface area contributed by atoms with Crippen LogP contribution in [0.3, 0.4) is 0 Å². The van der Waals surface area contributed by atoms with Crippen LogP contribution in [-0.2, 0) is 4.79 Å². The Morgan fingerprint density at radius 3 is 1.83 bits per heavy atom. The maximum atomic E-state index is 12.3. The molecular weight excluding hydrogens is 296 g/mol. The van der Waals surface area contributed by atoms with Crippen molar-refractivity contribution in [3.63, 3.8) is 0 Å².